The summed E-state index contributed by atoms with van der Waals surface area (Å²) in [6.07, 6.45) is 1.54. The van der Waals surface area contributed by atoms with Crippen molar-refractivity contribution in [2.75, 3.05) is 32.1 Å². The summed E-state index contributed by atoms with van der Waals surface area (Å²) in [5, 5.41) is 24.3. The number of benzene rings is 3. The Morgan fingerprint density at radius 2 is 1.88 bits per heavy atom. The number of carboxylic acid groups (broad SMARTS) is 1. The van der Waals surface area contributed by atoms with Crippen molar-refractivity contribution in [3.05, 3.63) is 92.2 Å². The maximum Gasteiger partial charge on any atom is 0.317 e. The first-order valence-electron chi connectivity index (χ1n) is 16.3. The number of aliphatic hydroxyl groups is 1. The van der Waals surface area contributed by atoms with Crippen molar-refractivity contribution in [2.24, 2.45) is 7.05 Å². The van der Waals surface area contributed by atoms with Crippen LogP contribution >= 0.6 is 23.2 Å². The molecule has 1 aromatic heterocycles. The number of fused-ring (bicyclic) bond motifs is 2. The lowest BCUT2D eigenvalue weighted by Crippen LogP contribution is -2.39. The van der Waals surface area contributed by atoms with E-state index in [2.05, 4.69) is 20.5 Å². The van der Waals surface area contributed by atoms with Crippen molar-refractivity contribution in [2.45, 2.75) is 51.4 Å². The number of carboxylic acids is 1. The van der Waals surface area contributed by atoms with E-state index in [0.717, 1.165) is 46.6 Å². The Morgan fingerprint density at radius 3 is 2.62 bits per heavy atom. The summed E-state index contributed by atoms with van der Waals surface area (Å²) < 4.78 is 28.9. The number of amides is 1. The van der Waals surface area contributed by atoms with E-state index < -0.39 is 17.9 Å². The summed E-state index contributed by atoms with van der Waals surface area (Å²) in [4.78, 5) is 31.2. The van der Waals surface area contributed by atoms with Crippen molar-refractivity contribution in [3.8, 4) is 22.6 Å². The molecule has 2 heterocycles. The molecule has 1 aliphatic heterocycles. The summed E-state index contributed by atoms with van der Waals surface area (Å²) in [7, 11) is 3.23. The van der Waals surface area contributed by atoms with Gasteiger partial charge in [0.2, 0.25) is 0 Å². The van der Waals surface area contributed by atoms with Gasteiger partial charge in [0.15, 0.2) is 11.6 Å². The van der Waals surface area contributed by atoms with Gasteiger partial charge in [-0.05, 0) is 42.5 Å². The lowest BCUT2D eigenvalue weighted by molar-refractivity contribution is -0.136. The molecule has 264 valence electrons. The fraction of sp³-hybridized carbons (Fsp3) is 0.361. The topological polar surface area (TPSA) is 138 Å². The maximum atomic E-state index is 15.4. The Bertz CT molecular complexity index is 1950. The first-order chi connectivity index (χ1) is 24.0. The molecule has 1 aliphatic carbocycles. The molecular weight excluding hydrogens is 688 g/mol. The van der Waals surface area contributed by atoms with Crippen LogP contribution in [0.25, 0.3) is 11.1 Å². The second-order valence-electron chi connectivity index (χ2n) is 12.5. The van der Waals surface area contributed by atoms with Crippen LogP contribution in [-0.4, -0.2) is 69.4 Å². The number of anilines is 1. The fourth-order valence-corrected chi connectivity index (χ4v) is 7.24. The van der Waals surface area contributed by atoms with Crippen LogP contribution in [0.2, 0.25) is 10.0 Å². The van der Waals surface area contributed by atoms with E-state index in [4.69, 9.17) is 37.8 Å². The standard InChI is InChI=1S/C36H38Cl2FN5O6/c1-19(18-45)44-13-12-27-26(17-44)41-35(43(27)2)36(48)42-25-9-5-8-23(32(25)37)20-6-4-7-22-21(20)10-11-28(22)50-30-14-29(49-3)24(34(39)33(30)38)15-40-16-31(46)47/h4-9,14,19,28,40,45H,10-13,15-18H2,1-3H3,(H,42,48)(H,46,47). The number of aliphatic carboxylic acids is 1. The van der Waals surface area contributed by atoms with E-state index in [-0.39, 0.29) is 59.6 Å². The molecule has 11 nitrogen and oxygen atoms in total. The number of carbonyl (C=O) groups is 2. The Morgan fingerprint density at radius 1 is 1.12 bits per heavy atom. The van der Waals surface area contributed by atoms with Crippen LogP contribution in [0.15, 0.2) is 42.5 Å². The van der Waals surface area contributed by atoms with E-state index in [1.807, 2.05) is 48.9 Å². The van der Waals surface area contributed by atoms with Crippen molar-refractivity contribution in [3.63, 3.8) is 0 Å². The van der Waals surface area contributed by atoms with E-state index in [0.29, 0.717) is 30.1 Å². The maximum absolute atomic E-state index is 15.4. The average Bonchev–Trinajstić information content (AvgIpc) is 3.68. The third-order valence-corrected chi connectivity index (χ3v) is 10.2. The van der Waals surface area contributed by atoms with Crippen LogP contribution < -0.4 is 20.1 Å². The molecule has 0 spiro atoms. The monoisotopic (exact) mass is 725 g/mol. The molecule has 0 radical (unpaired) electrons. The summed E-state index contributed by atoms with van der Waals surface area (Å²) in [6, 6.07) is 12.8. The second-order valence-corrected chi connectivity index (χ2v) is 13.2. The Balaban J connectivity index is 1.22. The third-order valence-electron chi connectivity index (χ3n) is 9.43. The molecule has 50 heavy (non-hydrogen) atoms. The van der Waals surface area contributed by atoms with Gasteiger partial charge in [0.05, 0.1) is 36.7 Å². The number of halogens is 3. The zero-order valence-corrected chi connectivity index (χ0v) is 29.4. The quantitative estimate of drug-likeness (QED) is 0.143. The largest absolute Gasteiger partial charge is 0.496 e. The first kappa shape index (κ1) is 35.6. The molecule has 2 atom stereocenters. The highest BCUT2D eigenvalue weighted by molar-refractivity contribution is 6.36. The highest BCUT2D eigenvalue weighted by Crippen LogP contribution is 2.45. The summed E-state index contributed by atoms with van der Waals surface area (Å²) in [5.41, 5.74) is 5.91. The van der Waals surface area contributed by atoms with Gasteiger partial charge in [0, 0.05) is 62.0 Å². The SMILES string of the molecule is COc1cc(OC2CCc3c(-c4cccc(NC(=O)c5nc6c(n5C)CCN(C(C)CO)C6)c4Cl)cccc32)c(Cl)c(F)c1CNCC(=O)O. The van der Waals surface area contributed by atoms with Crippen LogP contribution in [0.4, 0.5) is 10.1 Å². The van der Waals surface area contributed by atoms with Crippen LogP contribution in [0, 0.1) is 5.82 Å². The van der Waals surface area contributed by atoms with Gasteiger partial charge in [0.25, 0.3) is 5.91 Å². The number of aliphatic hydroxyl groups excluding tert-OH is 1. The minimum Gasteiger partial charge on any atom is -0.496 e. The second kappa shape index (κ2) is 15.0. The molecule has 4 aromatic rings. The third kappa shape index (κ3) is 6.90. The first-order valence-corrected chi connectivity index (χ1v) is 17.0. The molecule has 0 fully saturated rings. The number of hydrogen-bond donors (Lipinski definition) is 4. The van der Waals surface area contributed by atoms with Gasteiger partial charge in [-0.2, -0.15) is 0 Å². The lowest BCUT2D eigenvalue weighted by atomic mass is 9.96. The number of ether oxygens (including phenoxy) is 2. The van der Waals surface area contributed by atoms with Crippen molar-refractivity contribution < 1.29 is 33.7 Å². The average molecular weight is 727 g/mol. The van der Waals surface area contributed by atoms with Gasteiger partial charge >= 0.3 is 5.97 Å². The predicted molar refractivity (Wildman–Crippen MR) is 188 cm³/mol. The predicted octanol–water partition coefficient (Wildman–Crippen LogP) is 5.77. The van der Waals surface area contributed by atoms with E-state index >= 15 is 4.39 Å². The zero-order valence-electron chi connectivity index (χ0n) is 27.9. The molecule has 1 amide bonds. The minimum atomic E-state index is -1.07. The van der Waals surface area contributed by atoms with Crippen molar-refractivity contribution in [1.29, 1.82) is 0 Å². The molecular formula is C36H38Cl2FN5O6. The van der Waals surface area contributed by atoms with Crippen LogP contribution in [-0.2, 0) is 37.8 Å². The van der Waals surface area contributed by atoms with Crippen LogP contribution in [0.1, 0.15) is 58.1 Å². The molecule has 3 aromatic carbocycles. The molecule has 0 saturated carbocycles. The molecule has 14 heteroatoms. The number of nitrogens with one attached hydrogen (secondary N) is 2. The zero-order chi connectivity index (χ0) is 35.7. The van der Waals surface area contributed by atoms with E-state index in [9.17, 15) is 14.7 Å². The number of hydrogen-bond acceptors (Lipinski definition) is 8. The normalized spacial score (nSPS) is 16.1. The molecule has 0 saturated heterocycles. The van der Waals surface area contributed by atoms with Crippen LogP contribution in [0.5, 0.6) is 11.5 Å². The van der Waals surface area contributed by atoms with Gasteiger partial charge in [-0.15, -0.1) is 0 Å². The number of carbonyl (C=O) groups excluding carboxylic acids is 1. The van der Waals surface area contributed by atoms with E-state index in [1.54, 1.807) is 6.07 Å². The fourth-order valence-electron chi connectivity index (χ4n) is 6.75. The number of imidazole rings is 1. The Hall–Kier alpha value is -4.20. The summed E-state index contributed by atoms with van der Waals surface area (Å²) in [6.45, 7) is 2.91. The summed E-state index contributed by atoms with van der Waals surface area (Å²) >= 11 is 13.4. The number of rotatable bonds is 12. The smallest absolute Gasteiger partial charge is 0.317 e. The van der Waals surface area contributed by atoms with Crippen molar-refractivity contribution >= 4 is 40.8 Å². The molecule has 2 aliphatic rings. The number of aromatic nitrogens is 2. The van der Waals surface area contributed by atoms with Gasteiger partial charge in [-0.3, -0.25) is 14.5 Å². The Kier molecular flexibility index (Phi) is 10.7. The molecule has 2 unspecified atom stereocenters. The van der Waals surface area contributed by atoms with Gasteiger partial charge in [-0.1, -0.05) is 53.5 Å². The van der Waals surface area contributed by atoms with Gasteiger partial charge in [0.1, 0.15) is 22.6 Å². The number of methoxy groups -OCH3 is 1. The minimum absolute atomic E-state index is 0.00183. The van der Waals surface area contributed by atoms with Crippen molar-refractivity contribution in [1.82, 2.24) is 19.8 Å². The van der Waals surface area contributed by atoms with E-state index in [1.165, 1.54) is 13.2 Å². The van der Waals surface area contributed by atoms with Gasteiger partial charge < -0.3 is 34.9 Å². The highest BCUT2D eigenvalue weighted by Gasteiger charge is 2.31. The molecule has 6 rings (SSSR count). The lowest BCUT2D eigenvalue weighted by Gasteiger charge is -2.30. The summed E-state index contributed by atoms with van der Waals surface area (Å²) in [5.74, 6) is -1.62. The Labute approximate surface area is 298 Å². The van der Waals surface area contributed by atoms with Gasteiger partial charge in [-0.25, -0.2) is 9.37 Å². The van der Waals surface area contributed by atoms with Crippen LogP contribution in [0.3, 0.4) is 0 Å². The number of nitrogens with zero attached hydrogens (tertiary/aromatic N) is 3. The molecule has 0 bridgehead atoms. The highest BCUT2D eigenvalue weighted by atomic mass is 35.5. The molecule has 4 N–H and O–H groups in total.